The van der Waals surface area contributed by atoms with Crippen LogP contribution in [0.4, 0.5) is 0 Å². The average Bonchev–Trinajstić information content (AvgIpc) is 2.49. The van der Waals surface area contributed by atoms with Crippen LogP contribution in [0.2, 0.25) is 0 Å². The van der Waals surface area contributed by atoms with Gasteiger partial charge >= 0.3 is 0 Å². The van der Waals surface area contributed by atoms with E-state index in [0.717, 1.165) is 11.8 Å². The normalized spacial score (nSPS) is 56.7. The summed E-state index contributed by atoms with van der Waals surface area (Å²) in [6.07, 6.45) is 4.23. The van der Waals surface area contributed by atoms with Gasteiger partial charge in [-0.05, 0) is 43.4 Å². The summed E-state index contributed by atoms with van der Waals surface area (Å²) in [7, 11) is -0.374. The Morgan fingerprint density at radius 3 is 2.67 bits per heavy atom. The van der Waals surface area contributed by atoms with Gasteiger partial charge in [-0.15, -0.1) is 0 Å². The van der Waals surface area contributed by atoms with Gasteiger partial charge in [-0.25, -0.2) is 0 Å². The fraction of sp³-hybridized carbons (Fsp3) is 1.00. The van der Waals surface area contributed by atoms with Gasteiger partial charge in [0.05, 0.1) is 0 Å². The van der Waals surface area contributed by atoms with E-state index in [4.69, 9.17) is 9.26 Å². The third-order valence-corrected chi connectivity index (χ3v) is 6.90. The number of hydrogen-bond acceptors (Lipinski definition) is 3. The number of rotatable bonds is 0. The summed E-state index contributed by atoms with van der Waals surface area (Å²) in [6.45, 7) is 6.72. The third-order valence-electron chi connectivity index (χ3n) is 5.45. The first-order valence-corrected chi connectivity index (χ1v) is 9.18. The van der Waals surface area contributed by atoms with Gasteiger partial charge in [-0.3, -0.25) is 0 Å². The lowest BCUT2D eigenvalue weighted by molar-refractivity contribution is -0.295. The summed E-state index contributed by atoms with van der Waals surface area (Å²) in [4.78, 5) is 0. The lowest BCUT2D eigenvalue weighted by Gasteiger charge is -2.50. The molecule has 3 aliphatic rings. The number of aliphatic hydroxyl groups excluding tert-OH is 1. The van der Waals surface area contributed by atoms with Crippen molar-refractivity contribution in [3.05, 3.63) is 0 Å². The van der Waals surface area contributed by atoms with Gasteiger partial charge in [0.25, 0.3) is 0 Å². The molecule has 2 saturated heterocycles. The van der Waals surface area contributed by atoms with Crippen molar-refractivity contribution < 1.29 is 14.4 Å². The molecule has 8 atom stereocenters. The monoisotopic (exact) mass is 272 g/mol. The van der Waals surface area contributed by atoms with Crippen LogP contribution in [0.3, 0.4) is 0 Å². The smallest absolute Gasteiger partial charge is 0.167 e. The van der Waals surface area contributed by atoms with Crippen LogP contribution >= 0.6 is 8.15 Å². The molecule has 2 aliphatic heterocycles. The van der Waals surface area contributed by atoms with Gasteiger partial charge in [0, 0.05) is 20.0 Å². The Balaban J connectivity index is 1.90. The molecule has 0 bridgehead atoms. The largest absolute Gasteiger partial charge is 0.368 e. The van der Waals surface area contributed by atoms with E-state index in [1.165, 1.54) is 25.4 Å². The Morgan fingerprint density at radius 1 is 1.11 bits per heavy atom. The maximum absolute atomic E-state index is 10.1. The number of hydrogen-bond donors (Lipinski definition) is 1. The SMILES string of the molecule is C[C@H]1C(O)OC2O[P@@](C)CCC3C2C1CC[C@H]3C. The zero-order valence-corrected chi connectivity index (χ0v) is 12.5. The highest BCUT2D eigenvalue weighted by Gasteiger charge is 2.51. The Bertz CT molecular complexity index is 309. The van der Waals surface area contributed by atoms with Crippen molar-refractivity contribution in [1.29, 1.82) is 0 Å². The van der Waals surface area contributed by atoms with Crippen LogP contribution in [0.5, 0.6) is 0 Å². The van der Waals surface area contributed by atoms with Crippen LogP contribution in [-0.4, -0.2) is 30.5 Å². The Morgan fingerprint density at radius 2 is 1.89 bits per heavy atom. The van der Waals surface area contributed by atoms with E-state index in [-0.39, 0.29) is 20.4 Å². The molecule has 4 heteroatoms. The minimum atomic E-state index is -0.633. The van der Waals surface area contributed by atoms with E-state index >= 15 is 0 Å². The van der Waals surface area contributed by atoms with Gasteiger partial charge in [-0.1, -0.05) is 20.3 Å². The van der Waals surface area contributed by atoms with Crippen molar-refractivity contribution in [3.8, 4) is 0 Å². The van der Waals surface area contributed by atoms with Crippen molar-refractivity contribution in [2.75, 3.05) is 12.8 Å². The van der Waals surface area contributed by atoms with Crippen molar-refractivity contribution in [2.24, 2.45) is 29.6 Å². The van der Waals surface area contributed by atoms with Gasteiger partial charge in [0.15, 0.2) is 12.6 Å². The van der Waals surface area contributed by atoms with E-state index in [1.807, 2.05) is 0 Å². The number of aliphatic hydroxyl groups is 1. The molecular formula is C14H25O3P. The van der Waals surface area contributed by atoms with Crippen LogP contribution in [-0.2, 0) is 9.26 Å². The summed E-state index contributed by atoms with van der Waals surface area (Å²) in [5, 5.41) is 10.1. The minimum absolute atomic E-state index is 0.146. The summed E-state index contributed by atoms with van der Waals surface area (Å²) in [5.74, 6) is 2.87. The van der Waals surface area contributed by atoms with E-state index in [0.29, 0.717) is 11.8 Å². The zero-order valence-electron chi connectivity index (χ0n) is 11.6. The third kappa shape index (κ3) is 2.14. The molecule has 3 fully saturated rings. The lowest BCUT2D eigenvalue weighted by atomic mass is 9.61. The molecule has 0 aromatic carbocycles. The minimum Gasteiger partial charge on any atom is -0.368 e. The molecule has 104 valence electrons. The zero-order chi connectivity index (χ0) is 12.9. The molecule has 2 heterocycles. The molecule has 3 rings (SSSR count). The highest BCUT2D eigenvalue weighted by molar-refractivity contribution is 7.51. The lowest BCUT2D eigenvalue weighted by Crippen LogP contribution is -2.52. The first-order chi connectivity index (χ1) is 8.58. The molecule has 0 radical (unpaired) electrons. The molecule has 0 aromatic rings. The molecule has 5 unspecified atom stereocenters. The molecule has 0 aromatic heterocycles. The van der Waals surface area contributed by atoms with E-state index < -0.39 is 6.29 Å². The molecule has 3 nitrogen and oxygen atoms in total. The molecule has 1 saturated carbocycles. The van der Waals surface area contributed by atoms with E-state index in [2.05, 4.69) is 20.5 Å². The maximum Gasteiger partial charge on any atom is 0.167 e. The molecule has 18 heavy (non-hydrogen) atoms. The average molecular weight is 272 g/mol. The van der Waals surface area contributed by atoms with Crippen LogP contribution < -0.4 is 0 Å². The van der Waals surface area contributed by atoms with Gasteiger partial charge in [-0.2, -0.15) is 0 Å². The Hall–Kier alpha value is 0.310. The predicted octanol–water partition coefficient (Wildman–Crippen LogP) is 3.02. The second-order valence-corrected chi connectivity index (χ2v) is 8.37. The summed E-state index contributed by atoms with van der Waals surface area (Å²) < 4.78 is 11.9. The van der Waals surface area contributed by atoms with Crippen molar-refractivity contribution >= 4 is 8.15 Å². The summed E-state index contributed by atoms with van der Waals surface area (Å²) >= 11 is 0. The second kappa shape index (κ2) is 5.01. The maximum atomic E-state index is 10.1. The van der Waals surface area contributed by atoms with Crippen LogP contribution in [0.25, 0.3) is 0 Å². The first kappa shape index (κ1) is 13.3. The Labute approximate surface area is 111 Å². The fourth-order valence-electron chi connectivity index (χ4n) is 4.27. The predicted molar refractivity (Wildman–Crippen MR) is 72.3 cm³/mol. The topological polar surface area (TPSA) is 38.7 Å². The molecule has 1 aliphatic carbocycles. The first-order valence-electron chi connectivity index (χ1n) is 7.29. The Kier molecular flexibility index (Phi) is 3.70. The molecule has 0 amide bonds. The highest BCUT2D eigenvalue weighted by atomic mass is 31.1. The summed E-state index contributed by atoms with van der Waals surface area (Å²) in [5.41, 5.74) is 0. The molecule has 1 N–H and O–H groups in total. The van der Waals surface area contributed by atoms with Crippen molar-refractivity contribution in [3.63, 3.8) is 0 Å². The quantitative estimate of drug-likeness (QED) is 0.689. The summed E-state index contributed by atoms with van der Waals surface area (Å²) in [6, 6.07) is 0. The van der Waals surface area contributed by atoms with Gasteiger partial charge in [0.2, 0.25) is 0 Å². The number of ether oxygens (including phenoxy) is 1. The van der Waals surface area contributed by atoms with Gasteiger partial charge < -0.3 is 14.4 Å². The van der Waals surface area contributed by atoms with E-state index in [9.17, 15) is 5.11 Å². The van der Waals surface area contributed by atoms with Crippen LogP contribution in [0.1, 0.15) is 33.1 Å². The standard InChI is InChI=1S/C14H25O3P/c1-8-4-5-11-9(2)13(15)16-14-12(11)10(8)6-7-18(3)17-14/h8-15H,4-7H2,1-3H3/t8-,9-,10?,11?,12?,13?,14?,18+/m1/s1. The highest BCUT2D eigenvalue weighted by Crippen LogP contribution is 2.55. The van der Waals surface area contributed by atoms with Crippen molar-refractivity contribution in [2.45, 2.75) is 45.7 Å². The second-order valence-electron chi connectivity index (χ2n) is 6.46. The molecule has 0 spiro atoms. The van der Waals surface area contributed by atoms with Crippen molar-refractivity contribution in [1.82, 2.24) is 0 Å². The van der Waals surface area contributed by atoms with E-state index in [1.54, 1.807) is 0 Å². The van der Waals surface area contributed by atoms with Crippen LogP contribution in [0, 0.1) is 29.6 Å². The fourth-order valence-corrected chi connectivity index (χ4v) is 5.58. The molecular weight excluding hydrogens is 247 g/mol. The van der Waals surface area contributed by atoms with Crippen LogP contribution in [0.15, 0.2) is 0 Å². The van der Waals surface area contributed by atoms with Gasteiger partial charge in [0.1, 0.15) is 0 Å².